The van der Waals surface area contributed by atoms with Gasteiger partial charge in [-0.2, -0.15) is 0 Å². The lowest BCUT2D eigenvalue weighted by atomic mass is 10.0. The molecule has 0 aromatic heterocycles. The van der Waals surface area contributed by atoms with Crippen LogP contribution in [0.3, 0.4) is 0 Å². The van der Waals surface area contributed by atoms with E-state index in [-0.39, 0.29) is 6.10 Å². The van der Waals surface area contributed by atoms with Gasteiger partial charge in [0.1, 0.15) is 6.10 Å². The third-order valence-corrected chi connectivity index (χ3v) is 6.03. The number of ether oxygens (including phenoxy) is 4. The number of carbonyl (C=O) groups is 1. The molecule has 0 amide bonds. The summed E-state index contributed by atoms with van der Waals surface area (Å²) in [4.78, 5) is 11.8. The molecule has 5 nitrogen and oxygen atoms in total. The van der Waals surface area contributed by atoms with Crippen molar-refractivity contribution >= 4 is 5.97 Å². The van der Waals surface area contributed by atoms with Crippen molar-refractivity contribution in [3.63, 3.8) is 0 Å². The topological polar surface area (TPSA) is 54.0 Å². The zero-order valence-electron chi connectivity index (χ0n) is 20.8. The molecule has 0 spiro atoms. The van der Waals surface area contributed by atoms with Gasteiger partial charge < -0.3 is 18.9 Å². The third-order valence-electron chi connectivity index (χ3n) is 6.03. The molecule has 31 heavy (non-hydrogen) atoms. The summed E-state index contributed by atoms with van der Waals surface area (Å²) < 4.78 is 21.9. The van der Waals surface area contributed by atoms with Gasteiger partial charge in [-0.1, -0.05) is 103 Å². The SMILES string of the molecule is CCCCCCCCCCCCCCCCCCOCC1COC(C)(C(=O)OCC)O1. The molecular weight excluding hydrogens is 392 g/mol. The van der Waals surface area contributed by atoms with E-state index in [9.17, 15) is 4.79 Å². The molecule has 1 aliphatic heterocycles. The average Bonchev–Trinajstić information content (AvgIpc) is 3.15. The highest BCUT2D eigenvalue weighted by atomic mass is 16.8. The molecule has 1 saturated heterocycles. The van der Waals surface area contributed by atoms with E-state index in [1.807, 2.05) is 0 Å². The smallest absolute Gasteiger partial charge is 0.366 e. The highest BCUT2D eigenvalue weighted by molar-refractivity contribution is 5.77. The summed E-state index contributed by atoms with van der Waals surface area (Å²) >= 11 is 0. The molecule has 1 aliphatic rings. The molecule has 1 heterocycles. The highest BCUT2D eigenvalue weighted by Gasteiger charge is 2.45. The second-order valence-corrected chi connectivity index (χ2v) is 9.10. The van der Waals surface area contributed by atoms with Gasteiger partial charge in [0.15, 0.2) is 0 Å². The Morgan fingerprint density at radius 1 is 0.806 bits per heavy atom. The first-order valence-electron chi connectivity index (χ1n) is 13.2. The molecule has 2 atom stereocenters. The van der Waals surface area contributed by atoms with Crippen molar-refractivity contribution in [1.82, 2.24) is 0 Å². The van der Waals surface area contributed by atoms with E-state index in [1.54, 1.807) is 13.8 Å². The molecule has 1 rings (SSSR count). The van der Waals surface area contributed by atoms with Gasteiger partial charge in [0.25, 0.3) is 5.79 Å². The molecule has 0 bridgehead atoms. The van der Waals surface area contributed by atoms with Crippen LogP contribution < -0.4 is 0 Å². The zero-order chi connectivity index (χ0) is 22.6. The number of unbranched alkanes of at least 4 members (excludes halogenated alkanes) is 15. The highest BCUT2D eigenvalue weighted by Crippen LogP contribution is 2.25. The van der Waals surface area contributed by atoms with Gasteiger partial charge in [-0.3, -0.25) is 0 Å². The number of hydrogen-bond acceptors (Lipinski definition) is 5. The largest absolute Gasteiger partial charge is 0.462 e. The van der Waals surface area contributed by atoms with E-state index >= 15 is 0 Å². The molecule has 2 unspecified atom stereocenters. The lowest BCUT2D eigenvalue weighted by Gasteiger charge is -2.20. The van der Waals surface area contributed by atoms with Crippen molar-refractivity contribution in [2.24, 2.45) is 0 Å². The van der Waals surface area contributed by atoms with Crippen molar-refractivity contribution in [3.8, 4) is 0 Å². The van der Waals surface area contributed by atoms with Crippen molar-refractivity contribution in [2.45, 2.75) is 135 Å². The first kappa shape index (κ1) is 28.4. The van der Waals surface area contributed by atoms with Gasteiger partial charge in [0.05, 0.1) is 19.8 Å². The van der Waals surface area contributed by atoms with Gasteiger partial charge >= 0.3 is 5.97 Å². The van der Waals surface area contributed by atoms with E-state index in [0.717, 1.165) is 13.0 Å². The van der Waals surface area contributed by atoms with Crippen LogP contribution in [0.15, 0.2) is 0 Å². The van der Waals surface area contributed by atoms with Crippen LogP contribution in [0.2, 0.25) is 0 Å². The van der Waals surface area contributed by atoms with Crippen LogP contribution in [0.4, 0.5) is 0 Å². The molecular formula is C26H50O5. The first-order valence-corrected chi connectivity index (χ1v) is 13.2. The second-order valence-electron chi connectivity index (χ2n) is 9.10. The first-order chi connectivity index (χ1) is 15.1. The predicted molar refractivity (Wildman–Crippen MR) is 126 cm³/mol. The van der Waals surface area contributed by atoms with E-state index in [0.29, 0.717) is 19.8 Å². The van der Waals surface area contributed by atoms with Crippen molar-refractivity contribution in [3.05, 3.63) is 0 Å². The maximum Gasteiger partial charge on any atom is 0.366 e. The fraction of sp³-hybridized carbons (Fsp3) is 0.962. The molecule has 0 radical (unpaired) electrons. The summed E-state index contributed by atoms with van der Waals surface area (Å²) in [5, 5.41) is 0. The van der Waals surface area contributed by atoms with Crippen LogP contribution in [0.5, 0.6) is 0 Å². The number of hydrogen-bond donors (Lipinski definition) is 0. The Labute approximate surface area is 191 Å². The average molecular weight is 443 g/mol. The number of esters is 1. The molecule has 0 N–H and O–H groups in total. The Hall–Kier alpha value is -0.650. The molecule has 0 saturated carbocycles. The molecule has 0 aromatic carbocycles. The van der Waals surface area contributed by atoms with Gasteiger partial charge in [-0.05, 0) is 13.3 Å². The summed E-state index contributed by atoms with van der Waals surface area (Å²) in [7, 11) is 0. The Morgan fingerprint density at radius 2 is 1.29 bits per heavy atom. The van der Waals surface area contributed by atoms with Crippen molar-refractivity contribution in [2.75, 3.05) is 26.4 Å². The lowest BCUT2D eigenvalue weighted by molar-refractivity contribution is -0.206. The molecule has 184 valence electrons. The third kappa shape index (κ3) is 14.2. The van der Waals surface area contributed by atoms with Crippen LogP contribution in [0.25, 0.3) is 0 Å². The molecule has 0 aromatic rings. The zero-order valence-corrected chi connectivity index (χ0v) is 20.8. The van der Waals surface area contributed by atoms with Gasteiger partial charge in [0.2, 0.25) is 0 Å². The van der Waals surface area contributed by atoms with Crippen LogP contribution in [0, 0.1) is 0 Å². The van der Waals surface area contributed by atoms with Gasteiger partial charge in [-0.15, -0.1) is 0 Å². The van der Waals surface area contributed by atoms with Gasteiger partial charge in [-0.25, -0.2) is 4.79 Å². The van der Waals surface area contributed by atoms with Crippen LogP contribution >= 0.6 is 0 Å². The number of rotatable bonds is 21. The minimum absolute atomic E-state index is 0.199. The molecule has 5 heteroatoms. The monoisotopic (exact) mass is 442 g/mol. The predicted octanol–water partition coefficient (Wildman–Crippen LogP) is 6.96. The maximum atomic E-state index is 11.8. The quantitative estimate of drug-likeness (QED) is 0.142. The van der Waals surface area contributed by atoms with Crippen LogP contribution in [-0.2, 0) is 23.7 Å². The fourth-order valence-corrected chi connectivity index (χ4v) is 4.06. The Balaban J connectivity index is 1.79. The summed E-state index contributed by atoms with van der Waals surface area (Å²) in [5.74, 6) is -1.74. The van der Waals surface area contributed by atoms with Crippen LogP contribution in [-0.4, -0.2) is 44.3 Å². The number of carbonyl (C=O) groups excluding carboxylic acids is 1. The fourth-order valence-electron chi connectivity index (χ4n) is 4.06. The summed E-state index contributed by atoms with van der Waals surface area (Å²) in [6.45, 7) is 7.57. The normalized spacial score (nSPS) is 20.9. The van der Waals surface area contributed by atoms with Crippen LogP contribution in [0.1, 0.15) is 124 Å². The minimum atomic E-state index is -1.28. The van der Waals surface area contributed by atoms with Gasteiger partial charge in [0, 0.05) is 13.5 Å². The summed E-state index contributed by atoms with van der Waals surface area (Å²) in [5.41, 5.74) is 0. The van der Waals surface area contributed by atoms with E-state index < -0.39 is 11.8 Å². The Morgan fingerprint density at radius 3 is 1.77 bits per heavy atom. The van der Waals surface area contributed by atoms with E-state index in [1.165, 1.54) is 96.3 Å². The standard InChI is InChI=1S/C26H50O5/c1-4-6-7-8-9-10-11-12-13-14-15-16-17-18-19-20-21-28-22-24-23-30-26(3,31-24)25(27)29-5-2/h24H,4-23H2,1-3H3. The van der Waals surface area contributed by atoms with Crippen molar-refractivity contribution < 1.29 is 23.7 Å². The lowest BCUT2D eigenvalue weighted by Crippen LogP contribution is -2.39. The molecule has 1 fully saturated rings. The van der Waals surface area contributed by atoms with E-state index in [2.05, 4.69) is 6.92 Å². The maximum absolute atomic E-state index is 11.8. The summed E-state index contributed by atoms with van der Waals surface area (Å²) in [6.07, 6.45) is 21.7. The Bertz CT molecular complexity index is 428. The minimum Gasteiger partial charge on any atom is -0.462 e. The molecule has 0 aliphatic carbocycles. The summed E-state index contributed by atoms with van der Waals surface area (Å²) in [6, 6.07) is 0. The van der Waals surface area contributed by atoms with E-state index in [4.69, 9.17) is 18.9 Å². The second kappa shape index (κ2) is 18.9. The Kier molecular flexibility index (Phi) is 17.3. The van der Waals surface area contributed by atoms with Crippen molar-refractivity contribution in [1.29, 1.82) is 0 Å².